The van der Waals surface area contributed by atoms with Crippen LogP contribution in [-0.2, 0) is 10.2 Å². The molecule has 1 heterocycles. The number of rotatable bonds is 5. The van der Waals surface area contributed by atoms with Crippen LogP contribution < -0.4 is 10.5 Å². The summed E-state index contributed by atoms with van der Waals surface area (Å²) in [5, 5.41) is 0. The first-order valence-corrected chi connectivity index (χ1v) is 6.57. The number of ether oxygens (including phenoxy) is 2. The third kappa shape index (κ3) is 2.02. The molecule has 0 saturated carbocycles. The molecular weight excluding hydrogens is 226 g/mol. The Balaban J connectivity index is 2.28. The molecule has 100 valence electrons. The number of hydrogen-bond donors (Lipinski definition) is 1. The van der Waals surface area contributed by atoms with E-state index in [1.807, 2.05) is 19.1 Å². The van der Waals surface area contributed by atoms with Crippen molar-refractivity contribution < 1.29 is 9.47 Å². The molecule has 1 aliphatic heterocycles. The van der Waals surface area contributed by atoms with Crippen LogP contribution in [0.1, 0.15) is 26.3 Å². The second-order valence-electron chi connectivity index (χ2n) is 5.62. The molecule has 0 aromatic heterocycles. The van der Waals surface area contributed by atoms with Crippen molar-refractivity contribution in [3.63, 3.8) is 0 Å². The first-order chi connectivity index (χ1) is 8.55. The fourth-order valence-corrected chi connectivity index (χ4v) is 2.49. The second-order valence-corrected chi connectivity index (χ2v) is 5.62. The molecule has 1 aromatic rings. The molecule has 3 nitrogen and oxygen atoms in total. The van der Waals surface area contributed by atoms with Crippen LogP contribution in [0.3, 0.4) is 0 Å². The Morgan fingerprint density at radius 2 is 1.89 bits per heavy atom. The molecule has 0 atom stereocenters. The van der Waals surface area contributed by atoms with Crippen LogP contribution >= 0.6 is 0 Å². The largest absolute Gasteiger partial charge is 0.494 e. The Hall–Kier alpha value is -1.06. The van der Waals surface area contributed by atoms with Crippen LogP contribution in [0.25, 0.3) is 0 Å². The van der Waals surface area contributed by atoms with Gasteiger partial charge in [-0.15, -0.1) is 0 Å². The van der Waals surface area contributed by atoms with E-state index in [0.717, 1.165) is 19.0 Å². The van der Waals surface area contributed by atoms with Gasteiger partial charge in [-0.25, -0.2) is 0 Å². The van der Waals surface area contributed by atoms with Crippen LogP contribution in [0.5, 0.6) is 5.75 Å². The molecule has 3 heteroatoms. The average molecular weight is 249 g/mol. The van der Waals surface area contributed by atoms with Gasteiger partial charge >= 0.3 is 0 Å². The van der Waals surface area contributed by atoms with E-state index in [1.54, 1.807) is 0 Å². The van der Waals surface area contributed by atoms with Crippen molar-refractivity contribution in [2.45, 2.75) is 26.2 Å². The van der Waals surface area contributed by atoms with E-state index >= 15 is 0 Å². The van der Waals surface area contributed by atoms with Gasteiger partial charge in [-0.1, -0.05) is 26.0 Å². The first kappa shape index (κ1) is 13.4. The molecule has 1 aliphatic rings. The van der Waals surface area contributed by atoms with Gasteiger partial charge in [-0.3, -0.25) is 0 Å². The summed E-state index contributed by atoms with van der Waals surface area (Å²) in [7, 11) is 0. The Morgan fingerprint density at radius 3 is 2.28 bits per heavy atom. The molecule has 0 radical (unpaired) electrons. The van der Waals surface area contributed by atoms with E-state index in [-0.39, 0.29) is 10.8 Å². The maximum absolute atomic E-state index is 5.94. The molecule has 0 bridgehead atoms. The summed E-state index contributed by atoms with van der Waals surface area (Å²) in [4.78, 5) is 0. The van der Waals surface area contributed by atoms with Crippen molar-refractivity contribution in [2.24, 2.45) is 11.1 Å². The highest BCUT2D eigenvalue weighted by molar-refractivity contribution is 5.36. The van der Waals surface area contributed by atoms with Crippen molar-refractivity contribution in [1.29, 1.82) is 0 Å². The van der Waals surface area contributed by atoms with E-state index in [0.29, 0.717) is 13.2 Å². The zero-order chi connectivity index (χ0) is 13.2. The Kier molecular flexibility index (Phi) is 3.64. The van der Waals surface area contributed by atoms with Gasteiger partial charge in [0.05, 0.1) is 19.8 Å². The van der Waals surface area contributed by atoms with Gasteiger partial charge in [0.25, 0.3) is 0 Å². The van der Waals surface area contributed by atoms with Crippen molar-refractivity contribution in [1.82, 2.24) is 0 Å². The first-order valence-electron chi connectivity index (χ1n) is 6.57. The van der Waals surface area contributed by atoms with E-state index in [2.05, 4.69) is 26.0 Å². The Morgan fingerprint density at radius 1 is 1.28 bits per heavy atom. The minimum Gasteiger partial charge on any atom is -0.494 e. The standard InChI is InChI=1S/C15H23NO2/c1-4-18-13-7-5-12(6-8-13)15(10-17-11-15)14(2,3)9-16/h5-8H,4,9-11,16H2,1-3H3. The Labute approximate surface area is 109 Å². The minimum absolute atomic E-state index is 0.0401. The molecule has 0 unspecified atom stereocenters. The van der Waals surface area contributed by atoms with Crippen LogP contribution in [0.4, 0.5) is 0 Å². The van der Waals surface area contributed by atoms with E-state index in [1.165, 1.54) is 5.56 Å². The molecule has 1 fully saturated rings. The van der Waals surface area contributed by atoms with Gasteiger partial charge in [0, 0.05) is 5.41 Å². The van der Waals surface area contributed by atoms with Crippen molar-refractivity contribution in [3.8, 4) is 5.75 Å². The summed E-state index contributed by atoms with van der Waals surface area (Å²) in [6, 6.07) is 8.35. The minimum atomic E-state index is 0.0401. The molecule has 1 saturated heterocycles. The van der Waals surface area contributed by atoms with Crippen LogP contribution in [0.2, 0.25) is 0 Å². The maximum atomic E-state index is 5.94. The van der Waals surface area contributed by atoms with Gasteiger partial charge in [0.15, 0.2) is 0 Å². The van der Waals surface area contributed by atoms with Gasteiger partial charge in [-0.2, -0.15) is 0 Å². The van der Waals surface area contributed by atoms with Crippen molar-refractivity contribution in [2.75, 3.05) is 26.4 Å². The van der Waals surface area contributed by atoms with E-state index in [4.69, 9.17) is 15.2 Å². The topological polar surface area (TPSA) is 44.5 Å². The van der Waals surface area contributed by atoms with Gasteiger partial charge in [-0.05, 0) is 36.6 Å². The summed E-state index contributed by atoms with van der Waals surface area (Å²) < 4.78 is 11.0. The molecule has 2 N–H and O–H groups in total. The van der Waals surface area contributed by atoms with Crippen molar-refractivity contribution in [3.05, 3.63) is 29.8 Å². The zero-order valence-electron chi connectivity index (χ0n) is 11.5. The summed E-state index contributed by atoms with van der Waals surface area (Å²) in [6.45, 7) is 9.28. The molecular formula is C15H23NO2. The number of nitrogens with two attached hydrogens (primary N) is 1. The van der Waals surface area contributed by atoms with Crippen LogP contribution in [0.15, 0.2) is 24.3 Å². The SMILES string of the molecule is CCOc1ccc(C2(C(C)(C)CN)COC2)cc1. The normalized spacial score (nSPS) is 18.2. The smallest absolute Gasteiger partial charge is 0.119 e. The monoisotopic (exact) mass is 249 g/mol. The highest BCUT2D eigenvalue weighted by Gasteiger charge is 2.51. The van der Waals surface area contributed by atoms with Gasteiger partial charge < -0.3 is 15.2 Å². The fraction of sp³-hybridized carbons (Fsp3) is 0.600. The fourth-order valence-electron chi connectivity index (χ4n) is 2.49. The predicted molar refractivity (Wildman–Crippen MR) is 72.9 cm³/mol. The highest BCUT2D eigenvalue weighted by atomic mass is 16.5. The van der Waals surface area contributed by atoms with E-state index < -0.39 is 0 Å². The van der Waals surface area contributed by atoms with Gasteiger partial charge in [0.1, 0.15) is 5.75 Å². The third-order valence-electron chi connectivity index (χ3n) is 4.22. The quantitative estimate of drug-likeness (QED) is 0.871. The maximum Gasteiger partial charge on any atom is 0.119 e. The summed E-state index contributed by atoms with van der Waals surface area (Å²) in [5.41, 5.74) is 7.32. The molecule has 18 heavy (non-hydrogen) atoms. The molecule has 1 aromatic carbocycles. The zero-order valence-corrected chi connectivity index (χ0v) is 11.5. The third-order valence-corrected chi connectivity index (χ3v) is 4.22. The lowest BCUT2D eigenvalue weighted by Gasteiger charge is -2.52. The van der Waals surface area contributed by atoms with Crippen LogP contribution in [-0.4, -0.2) is 26.4 Å². The predicted octanol–water partition coefficient (Wildman–Crippen LogP) is 2.34. The van der Waals surface area contributed by atoms with E-state index in [9.17, 15) is 0 Å². The summed E-state index contributed by atoms with van der Waals surface area (Å²) in [5.74, 6) is 0.919. The molecule has 0 spiro atoms. The highest BCUT2D eigenvalue weighted by Crippen LogP contribution is 2.46. The van der Waals surface area contributed by atoms with Crippen LogP contribution in [0, 0.1) is 5.41 Å². The molecule has 2 rings (SSSR count). The lowest BCUT2D eigenvalue weighted by Crippen LogP contribution is -2.59. The Bertz CT molecular complexity index is 393. The number of benzene rings is 1. The average Bonchev–Trinajstić information content (AvgIpc) is 2.30. The lowest BCUT2D eigenvalue weighted by atomic mass is 9.60. The van der Waals surface area contributed by atoms with Crippen molar-refractivity contribution >= 4 is 0 Å². The summed E-state index contributed by atoms with van der Waals surface area (Å²) in [6.07, 6.45) is 0. The second kappa shape index (κ2) is 4.90. The molecule has 0 amide bonds. The molecule has 0 aliphatic carbocycles. The summed E-state index contributed by atoms with van der Waals surface area (Å²) >= 11 is 0. The van der Waals surface area contributed by atoms with Gasteiger partial charge in [0.2, 0.25) is 0 Å². The number of hydrogen-bond acceptors (Lipinski definition) is 3. The lowest BCUT2D eigenvalue weighted by molar-refractivity contribution is -0.116.